The first kappa shape index (κ1) is 32.9. The average molecular weight is 622 g/mol. The molecule has 1 atom stereocenters. The summed E-state index contributed by atoms with van der Waals surface area (Å²) in [4.78, 5) is 29.6. The van der Waals surface area contributed by atoms with Crippen molar-refractivity contribution in [1.29, 1.82) is 0 Å². The molecule has 2 amide bonds. The van der Waals surface area contributed by atoms with Crippen LogP contribution in [0.3, 0.4) is 0 Å². The Balaban J connectivity index is 1.76. The van der Waals surface area contributed by atoms with Gasteiger partial charge in [0.25, 0.3) is 10.0 Å². The first-order valence-corrected chi connectivity index (χ1v) is 16.6. The van der Waals surface area contributed by atoms with Gasteiger partial charge >= 0.3 is 0 Å². The minimum Gasteiger partial charge on any atom is -0.497 e. The van der Waals surface area contributed by atoms with Crippen LogP contribution in [0.25, 0.3) is 0 Å². The van der Waals surface area contributed by atoms with E-state index in [1.807, 2.05) is 38.1 Å². The fourth-order valence-electron chi connectivity index (χ4n) is 5.58. The summed E-state index contributed by atoms with van der Waals surface area (Å²) in [5.74, 6) is -0.0847. The molecule has 0 aliphatic heterocycles. The maximum Gasteiger partial charge on any atom is 0.264 e. The average Bonchev–Trinajstić information content (AvgIpc) is 3.04. The molecule has 44 heavy (non-hydrogen) atoms. The van der Waals surface area contributed by atoms with Gasteiger partial charge in [0.05, 0.1) is 24.8 Å². The van der Waals surface area contributed by atoms with Gasteiger partial charge in [0.1, 0.15) is 24.1 Å². The van der Waals surface area contributed by atoms with Gasteiger partial charge in [-0.05, 0) is 56.0 Å². The third-order valence-electron chi connectivity index (χ3n) is 8.08. The fourth-order valence-corrected chi connectivity index (χ4v) is 7.02. The Hall–Kier alpha value is -4.05. The topological polar surface area (TPSA) is 105 Å². The lowest BCUT2D eigenvalue weighted by atomic mass is 9.95. The minimum atomic E-state index is -4.24. The summed E-state index contributed by atoms with van der Waals surface area (Å²) in [6.45, 7) is 3.43. The zero-order chi connectivity index (χ0) is 31.7. The van der Waals surface area contributed by atoms with Crippen LogP contribution in [0.4, 0.5) is 5.69 Å². The summed E-state index contributed by atoms with van der Waals surface area (Å²) >= 11 is 0. The van der Waals surface area contributed by atoms with Crippen molar-refractivity contribution in [2.24, 2.45) is 0 Å². The highest BCUT2D eigenvalue weighted by atomic mass is 32.2. The highest BCUT2D eigenvalue weighted by molar-refractivity contribution is 7.92. The number of rotatable bonds is 13. The molecule has 4 rings (SSSR count). The van der Waals surface area contributed by atoms with Gasteiger partial charge < -0.3 is 19.7 Å². The van der Waals surface area contributed by atoms with Crippen LogP contribution in [0.15, 0.2) is 77.7 Å². The van der Waals surface area contributed by atoms with E-state index in [0.29, 0.717) is 12.2 Å². The number of ether oxygens (including phenoxy) is 2. The molecule has 236 valence electrons. The number of carbonyl (C=O) groups excluding carboxylic acids is 2. The Morgan fingerprint density at radius 1 is 0.932 bits per heavy atom. The second-order valence-corrected chi connectivity index (χ2v) is 13.0. The van der Waals surface area contributed by atoms with Gasteiger partial charge in [-0.1, -0.05) is 74.2 Å². The van der Waals surface area contributed by atoms with Gasteiger partial charge in [0, 0.05) is 18.7 Å². The third kappa shape index (κ3) is 7.91. The number of sulfonamides is 1. The molecule has 1 saturated carbocycles. The number of hydrogen-bond acceptors (Lipinski definition) is 6. The van der Waals surface area contributed by atoms with E-state index < -0.39 is 28.5 Å². The Bertz CT molecular complexity index is 1510. The standard InChI is InChI=1S/C34H43N3O6S/c1-5-30(34(39)35-27-12-8-6-9-13-27)36(23-26-18-16-25(2)17-19-26)33(38)24-37(44(40,41)29-14-10-7-11-15-29)31-22-28(42-3)20-21-32(31)43-4/h7,10-11,14-22,27,30H,5-6,8-9,12-13,23-24H2,1-4H3,(H,35,39)/t30-/m1/s1. The van der Waals surface area contributed by atoms with Gasteiger partial charge in [-0.2, -0.15) is 0 Å². The maximum absolute atomic E-state index is 14.4. The van der Waals surface area contributed by atoms with Crippen LogP contribution in [0.1, 0.15) is 56.6 Å². The Labute approximate surface area is 261 Å². The molecule has 0 heterocycles. The number of hydrogen-bond donors (Lipinski definition) is 1. The largest absolute Gasteiger partial charge is 0.497 e. The predicted molar refractivity (Wildman–Crippen MR) is 171 cm³/mol. The molecule has 0 aromatic heterocycles. The first-order chi connectivity index (χ1) is 21.2. The summed E-state index contributed by atoms with van der Waals surface area (Å²) in [5.41, 5.74) is 2.06. The number of aryl methyl sites for hydroxylation is 1. The number of methoxy groups -OCH3 is 2. The summed E-state index contributed by atoms with van der Waals surface area (Å²) in [5, 5.41) is 3.17. The van der Waals surface area contributed by atoms with Crippen LogP contribution in [0.2, 0.25) is 0 Å². The molecule has 0 bridgehead atoms. The Morgan fingerprint density at radius 2 is 1.61 bits per heavy atom. The van der Waals surface area contributed by atoms with Crippen LogP contribution in [-0.4, -0.2) is 58.0 Å². The van der Waals surface area contributed by atoms with Crippen molar-refractivity contribution in [3.05, 3.63) is 83.9 Å². The zero-order valence-corrected chi connectivity index (χ0v) is 26.8. The Morgan fingerprint density at radius 3 is 2.23 bits per heavy atom. The lowest BCUT2D eigenvalue weighted by Crippen LogP contribution is -2.54. The maximum atomic E-state index is 14.4. The molecule has 0 spiro atoms. The number of nitrogens with zero attached hydrogens (tertiary/aromatic N) is 2. The number of benzene rings is 3. The lowest BCUT2D eigenvalue weighted by Gasteiger charge is -2.34. The van der Waals surface area contributed by atoms with E-state index in [-0.39, 0.29) is 34.8 Å². The van der Waals surface area contributed by atoms with Gasteiger partial charge in [-0.25, -0.2) is 8.42 Å². The van der Waals surface area contributed by atoms with E-state index in [0.717, 1.165) is 47.5 Å². The number of anilines is 1. The van der Waals surface area contributed by atoms with Gasteiger partial charge in [-0.15, -0.1) is 0 Å². The molecule has 1 aliphatic carbocycles. The van der Waals surface area contributed by atoms with Crippen molar-refractivity contribution in [1.82, 2.24) is 10.2 Å². The molecule has 9 nitrogen and oxygen atoms in total. The van der Waals surface area contributed by atoms with Gasteiger partial charge in [0.2, 0.25) is 11.8 Å². The number of nitrogens with one attached hydrogen (secondary N) is 1. The fraction of sp³-hybridized carbons (Fsp3) is 0.412. The molecule has 1 N–H and O–H groups in total. The van der Waals surface area contributed by atoms with E-state index in [4.69, 9.17) is 9.47 Å². The van der Waals surface area contributed by atoms with Crippen LogP contribution < -0.4 is 19.1 Å². The quantitative estimate of drug-likeness (QED) is 0.272. The molecule has 1 aliphatic rings. The molecular formula is C34H43N3O6S. The minimum absolute atomic E-state index is 0.0184. The highest BCUT2D eigenvalue weighted by Crippen LogP contribution is 2.36. The normalized spacial score (nSPS) is 14.4. The molecular weight excluding hydrogens is 578 g/mol. The molecule has 1 fully saturated rings. The second kappa shape index (κ2) is 15.1. The van der Waals surface area contributed by atoms with E-state index in [9.17, 15) is 18.0 Å². The second-order valence-electron chi connectivity index (χ2n) is 11.1. The molecule has 3 aromatic carbocycles. The molecule has 0 saturated heterocycles. The SMILES string of the molecule is CC[C@H](C(=O)NC1CCCCC1)N(Cc1ccc(C)cc1)C(=O)CN(c1cc(OC)ccc1OC)S(=O)(=O)c1ccccc1. The van der Waals surface area contributed by atoms with Crippen molar-refractivity contribution in [2.45, 2.75) is 75.9 Å². The van der Waals surface area contributed by atoms with E-state index in [1.165, 1.54) is 37.3 Å². The van der Waals surface area contributed by atoms with Crippen LogP contribution in [0.5, 0.6) is 11.5 Å². The van der Waals surface area contributed by atoms with E-state index in [1.54, 1.807) is 30.3 Å². The van der Waals surface area contributed by atoms with Crippen LogP contribution in [0, 0.1) is 6.92 Å². The smallest absolute Gasteiger partial charge is 0.264 e. The molecule has 0 radical (unpaired) electrons. The van der Waals surface area contributed by atoms with Gasteiger partial charge in [0.15, 0.2) is 0 Å². The zero-order valence-electron chi connectivity index (χ0n) is 26.0. The van der Waals surface area contributed by atoms with Crippen molar-refractivity contribution in [3.8, 4) is 11.5 Å². The monoisotopic (exact) mass is 621 g/mol. The summed E-state index contributed by atoms with van der Waals surface area (Å²) in [6, 6.07) is 19.8. The molecule has 3 aromatic rings. The van der Waals surface area contributed by atoms with Crippen molar-refractivity contribution in [3.63, 3.8) is 0 Å². The van der Waals surface area contributed by atoms with E-state index in [2.05, 4.69) is 5.32 Å². The van der Waals surface area contributed by atoms with Crippen molar-refractivity contribution < 1.29 is 27.5 Å². The number of carbonyl (C=O) groups is 2. The van der Waals surface area contributed by atoms with Crippen LogP contribution in [-0.2, 0) is 26.2 Å². The predicted octanol–water partition coefficient (Wildman–Crippen LogP) is 5.46. The van der Waals surface area contributed by atoms with Crippen molar-refractivity contribution in [2.75, 3.05) is 25.1 Å². The van der Waals surface area contributed by atoms with Gasteiger partial charge in [-0.3, -0.25) is 13.9 Å². The number of amides is 2. The molecule has 10 heteroatoms. The third-order valence-corrected chi connectivity index (χ3v) is 9.85. The Kier molecular flexibility index (Phi) is 11.3. The molecule has 0 unspecified atom stereocenters. The van der Waals surface area contributed by atoms with Crippen LogP contribution >= 0.6 is 0 Å². The summed E-state index contributed by atoms with van der Waals surface area (Å²) in [6.07, 6.45) is 5.45. The van der Waals surface area contributed by atoms with Crippen molar-refractivity contribution >= 4 is 27.5 Å². The summed E-state index contributed by atoms with van der Waals surface area (Å²) < 4.78 is 40.3. The summed E-state index contributed by atoms with van der Waals surface area (Å²) in [7, 11) is -1.33. The highest BCUT2D eigenvalue weighted by Gasteiger charge is 2.35. The van der Waals surface area contributed by atoms with E-state index >= 15 is 0 Å². The lowest BCUT2D eigenvalue weighted by molar-refractivity contribution is -0.140. The first-order valence-electron chi connectivity index (χ1n) is 15.1.